The second-order valence-corrected chi connectivity index (χ2v) is 10.8. The number of nitrogens with one attached hydrogen (secondary N) is 1. The van der Waals surface area contributed by atoms with Crippen molar-refractivity contribution in [3.05, 3.63) is 53.9 Å². The van der Waals surface area contributed by atoms with Crippen LogP contribution in [0.15, 0.2) is 36.7 Å². The minimum Gasteiger partial charge on any atom is -0.491 e. The van der Waals surface area contributed by atoms with Crippen molar-refractivity contribution in [3.63, 3.8) is 0 Å². The molecule has 0 spiro atoms. The van der Waals surface area contributed by atoms with E-state index < -0.39 is 46.4 Å². The van der Waals surface area contributed by atoms with Crippen molar-refractivity contribution >= 4 is 17.0 Å². The molecular formula is C27H30F5N3O3. The average Bonchev–Trinajstić information content (AvgIpc) is 2.75. The Morgan fingerprint density at radius 3 is 2.26 bits per heavy atom. The number of alkyl halides is 3. The van der Waals surface area contributed by atoms with Crippen LogP contribution in [-0.4, -0.2) is 33.8 Å². The van der Waals surface area contributed by atoms with Crippen LogP contribution in [0.4, 0.5) is 26.7 Å². The Bertz CT molecular complexity index is 1320. The van der Waals surface area contributed by atoms with Crippen molar-refractivity contribution in [2.75, 3.05) is 6.61 Å². The normalized spacial score (nSPS) is 13.9. The number of halogens is 5. The number of alkyl carbamates (subject to hydrolysis) is 1. The van der Waals surface area contributed by atoms with Gasteiger partial charge < -0.3 is 14.8 Å². The number of amides is 1. The average molecular weight is 540 g/mol. The van der Waals surface area contributed by atoms with Gasteiger partial charge in [0.05, 0.1) is 22.3 Å². The molecule has 1 atom stereocenters. The number of hydrogen-bond donors (Lipinski definition) is 1. The van der Waals surface area contributed by atoms with E-state index >= 15 is 0 Å². The van der Waals surface area contributed by atoms with Crippen molar-refractivity contribution in [2.24, 2.45) is 5.92 Å². The van der Waals surface area contributed by atoms with Gasteiger partial charge in [-0.25, -0.2) is 23.5 Å². The number of aromatic nitrogens is 2. The van der Waals surface area contributed by atoms with E-state index in [1.165, 1.54) is 6.07 Å². The molecule has 2 aromatic carbocycles. The first-order valence-corrected chi connectivity index (χ1v) is 11.9. The zero-order chi connectivity index (χ0) is 28.5. The summed E-state index contributed by atoms with van der Waals surface area (Å²) in [7, 11) is 0. The standard InChI is InChI=1S/C27H30F5N3O3/c1-15(2)12-26(6,35-24(36)38-25(3,4)5)13-37-22-8-7-16(9-18(22)27(30,31)32)23-17-10-19(28)20(29)11-21(17)33-14-34-23/h7-11,14-15H,12-13H2,1-6H3,(H,35,36). The Hall–Kier alpha value is -3.50. The number of carbonyl (C=O) groups is 1. The molecule has 0 radical (unpaired) electrons. The highest BCUT2D eigenvalue weighted by molar-refractivity contribution is 5.92. The van der Waals surface area contributed by atoms with E-state index in [1.54, 1.807) is 27.7 Å². The Balaban J connectivity index is 1.96. The number of benzene rings is 2. The molecule has 0 fully saturated rings. The minimum atomic E-state index is -4.81. The maximum atomic E-state index is 14.1. The molecule has 38 heavy (non-hydrogen) atoms. The molecule has 0 bridgehead atoms. The quantitative estimate of drug-likeness (QED) is 0.319. The van der Waals surface area contributed by atoms with Crippen molar-refractivity contribution < 1.29 is 36.2 Å². The summed E-state index contributed by atoms with van der Waals surface area (Å²) in [5, 5.41) is 2.78. The zero-order valence-corrected chi connectivity index (χ0v) is 22.0. The van der Waals surface area contributed by atoms with Gasteiger partial charge in [0.25, 0.3) is 0 Å². The van der Waals surface area contributed by atoms with E-state index in [9.17, 15) is 26.7 Å². The maximum Gasteiger partial charge on any atom is 0.419 e. The third-order valence-corrected chi connectivity index (χ3v) is 5.44. The fourth-order valence-corrected chi connectivity index (χ4v) is 4.14. The Morgan fingerprint density at radius 2 is 1.66 bits per heavy atom. The molecule has 206 valence electrons. The summed E-state index contributed by atoms with van der Waals surface area (Å²) in [6.07, 6.45) is -4.05. The van der Waals surface area contributed by atoms with Crippen molar-refractivity contribution in [1.82, 2.24) is 15.3 Å². The molecule has 1 unspecified atom stereocenters. The molecular weight excluding hydrogens is 509 g/mol. The zero-order valence-electron chi connectivity index (χ0n) is 22.0. The first-order valence-electron chi connectivity index (χ1n) is 11.9. The largest absolute Gasteiger partial charge is 0.491 e. The highest BCUT2D eigenvalue weighted by Crippen LogP contribution is 2.40. The third kappa shape index (κ3) is 7.29. The van der Waals surface area contributed by atoms with Crippen LogP contribution in [0.25, 0.3) is 22.2 Å². The highest BCUT2D eigenvalue weighted by atomic mass is 19.4. The minimum absolute atomic E-state index is 0.00203. The lowest BCUT2D eigenvalue weighted by Crippen LogP contribution is -2.52. The van der Waals surface area contributed by atoms with Crippen molar-refractivity contribution in [2.45, 2.75) is 65.3 Å². The van der Waals surface area contributed by atoms with Gasteiger partial charge in [0.15, 0.2) is 11.6 Å². The molecule has 11 heteroatoms. The summed E-state index contributed by atoms with van der Waals surface area (Å²) in [6, 6.07) is 5.01. The predicted octanol–water partition coefficient (Wildman–Crippen LogP) is 7.30. The lowest BCUT2D eigenvalue weighted by molar-refractivity contribution is -0.139. The predicted molar refractivity (Wildman–Crippen MR) is 133 cm³/mol. The molecule has 0 aliphatic rings. The van der Waals surface area contributed by atoms with Crippen LogP contribution >= 0.6 is 0 Å². The summed E-state index contributed by atoms with van der Waals surface area (Å²) < 4.78 is 80.8. The van der Waals surface area contributed by atoms with Crippen molar-refractivity contribution in [3.8, 4) is 17.0 Å². The second kappa shape index (κ2) is 10.7. The van der Waals surface area contributed by atoms with Gasteiger partial charge >= 0.3 is 12.3 Å². The van der Waals surface area contributed by atoms with E-state index in [-0.39, 0.29) is 34.7 Å². The molecule has 0 saturated carbocycles. The van der Waals surface area contributed by atoms with E-state index in [0.717, 1.165) is 30.6 Å². The van der Waals surface area contributed by atoms with Gasteiger partial charge in [0.1, 0.15) is 24.3 Å². The van der Waals surface area contributed by atoms with Crippen LogP contribution in [0.3, 0.4) is 0 Å². The van der Waals surface area contributed by atoms with Crippen LogP contribution in [0.1, 0.15) is 53.5 Å². The van der Waals surface area contributed by atoms with Crippen LogP contribution in [0.5, 0.6) is 5.75 Å². The van der Waals surface area contributed by atoms with E-state index in [2.05, 4.69) is 15.3 Å². The molecule has 0 aliphatic carbocycles. The molecule has 3 rings (SSSR count). The molecule has 1 heterocycles. The number of nitrogens with zero attached hydrogens (tertiary/aromatic N) is 2. The highest BCUT2D eigenvalue weighted by Gasteiger charge is 2.37. The van der Waals surface area contributed by atoms with Gasteiger partial charge in [-0.2, -0.15) is 13.2 Å². The van der Waals surface area contributed by atoms with Gasteiger partial charge in [-0.3, -0.25) is 0 Å². The molecule has 3 aromatic rings. The van der Waals surface area contributed by atoms with Crippen LogP contribution in [0.2, 0.25) is 0 Å². The Labute approximate surface area is 217 Å². The number of fused-ring (bicyclic) bond motifs is 1. The van der Waals surface area contributed by atoms with Crippen LogP contribution in [0, 0.1) is 17.6 Å². The van der Waals surface area contributed by atoms with Gasteiger partial charge in [-0.1, -0.05) is 13.8 Å². The molecule has 1 aromatic heterocycles. The van der Waals surface area contributed by atoms with Gasteiger partial charge in [-0.05, 0) is 64.3 Å². The Kier molecular flexibility index (Phi) is 8.18. The van der Waals surface area contributed by atoms with Gasteiger partial charge in [0.2, 0.25) is 0 Å². The summed E-state index contributed by atoms with van der Waals surface area (Å²) in [4.78, 5) is 20.3. The first-order chi connectivity index (χ1) is 17.5. The molecule has 1 N–H and O–H groups in total. The monoisotopic (exact) mass is 539 g/mol. The van der Waals surface area contributed by atoms with Crippen LogP contribution in [-0.2, 0) is 10.9 Å². The molecule has 0 aliphatic heterocycles. The molecule has 0 saturated heterocycles. The fraction of sp³-hybridized carbons (Fsp3) is 0.444. The number of ether oxygens (including phenoxy) is 2. The molecule has 1 amide bonds. The maximum absolute atomic E-state index is 14.1. The summed E-state index contributed by atoms with van der Waals surface area (Å²) in [5.74, 6) is -2.69. The number of rotatable bonds is 7. The van der Waals surface area contributed by atoms with Crippen molar-refractivity contribution in [1.29, 1.82) is 0 Å². The fourth-order valence-electron chi connectivity index (χ4n) is 4.14. The summed E-state index contributed by atoms with van der Waals surface area (Å²) in [5.41, 5.74) is -2.83. The Morgan fingerprint density at radius 1 is 1.00 bits per heavy atom. The SMILES string of the molecule is CC(C)CC(C)(COc1ccc(-c2ncnc3cc(F)c(F)cc23)cc1C(F)(F)F)NC(=O)OC(C)(C)C. The van der Waals surface area contributed by atoms with E-state index in [4.69, 9.17) is 9.47 Å². The van der Waals surface area contributed by atoms with Crippen LogP contribution < -0.4 is 10.1 Å². The topological polar surface area (TPSA) is 73.3 Å². The molecule has 6 nitrogen and oxygen atoms in total. The second-order valence-electron chi connectivity index (χ2n) is 10.8. The summed E-state index contributed by atoms with van der Waals surface area (Å²) >= 11 is 0. The lowest BCUT2D eigenvalue weighted by atomic mass is 9.91. The van der Waals surface area contributed by atoms with Gasteiger partial charge in [0, 0.05) is 17.0 Å². The van der Waals surface area contributed by atoms with E-state index in [1.807, 2.05) is 13.8 Å². The lowest BCUT2D eigenvalue weighted by Gasteiger charge is -2.33. The number of hydrogen-bond acceptors (Lipinski definition) is 5. The van der Waals surface area contributed by atoms with Gasteiger partial charge in [-0.15, -0.1) is 0 Å². The first kappa shape index (κ1) is 29.1. The summed E-state index contributed by atoms with van der Waals surface area (Å²) in [6.45, 7) is 10.3. The smallest absolute Gasteiger partial charge is 0.419 e. The third-order valence-electron chi connectivity index (χ3n) is 5.44. The van der Waals surface area contributed by atoms with E-state index in [0.29, 0.717) is 6.42 Å². The number of carbonyl (C=O) groups excluding carboxylic acids is 1.